The van der Waals surface area contributed by atoms with Crippen molar-refractivity contribution in [3.05, 3.63) is 81.3 Å². The number of halogens is 1. The highest BCUT2D eigenvalue weighted by molar-refractivity contribution is 7.09. The Morgan fingerprint density at radius 3 is 2.62 bits per heavy atom. The molecular weight excluding hydrogens is 470 g/mol. The molecule has 3 aromatic rings. The highest BCUT2D eigenvalue weighted by Gasteiger charge is 2.25. The minimum atomic E-state index is -0.228. The Kier molecular flexibility index (Phi) is 8.18. The lowest BCUT2D eigenvalue weighted by molar-refractivity contribution is -0.126. The number of nitrogens with zero attached hydrogens (tertiary/aromatic N) is 2. The van der Waals surface area contributed by atoms with Gasteiger partial charge >= 0.3 is 0 Å². The van der Waals surface area contributed by atoms with Crippen LogP contribution in [0.4, 0.5) is 0 Å². The molecule has 1 aliphatic rings. The first-order valence-corrected chi connectivity index (χ1v) is 12.3. The van der Waals surface area contributed by atoms with Crippen LogP contribution in [0.15, 0.2) is 60.0 Å². The zero-order chi connectivity index (χ0) is 23.8. The number of hydrogen-bond acceptors (Lipinski definition) is 5. The molecule has 1 aliphatic heterocycles. The van der Waals surface area contributed by atoms with E-state index < -0.39 is 0 Å². The first kappa shape index (κ1) is 23.8. The number of benzene rings is 2. The van der Waals surface area contributed by atoms with Crippen molar-refractivity contribution in [1.82, 2.24) is 15.2 Å². The fourth-order valence-electron chi connectivity index (χ4n) is 3.61. The van der Waals surface area contributed by atoms with Gasteiger partial charge in [0.15, 0.2) is 0 Å². The summed E-state index contributed by atoms with van der Waals surface area (Å²) < 4.78 is 5.59. The van der Waals surface area contributed by atoms with Crippen molar-refractivity contribution >= 4 is 34.8 Å². The van der Waals surface area contributed by atoms with Crippen molar-refractivity contribution in [2.75, 3.05) is 26.2 Å². The predicted octanol–water partition coefficient (Wildman–Crippen LogP) is 4.36. The third kappa shape index (κ3) is 6.37. The maximum absolute atomic E-state index is 12.4. The molecule has 1 N–H and O–H groups in total. The second kappa shape index (κ2) is 11.7. The topological polar surface area (TPSA) is 71.5 Å². The van der Waals surface area contributed by atoms with Crippen molar-refractivity contribution in [3.8, 4) is 17.6 Å². The predicted molar refractivity (Wildman–Crippen MR) is 133 cm³/mol. The number of ether oxygens (including phenoxy) is 1. The summed E-state index contributed by atoms with van der Waals surface area (Å²) in [5, 5.41) is 6.07. The molecule has 0 aliphatic carbocycles. The summed E-state index contributed by atoms with van der Waals surface area (Å²) in [6, 6.07) is 16.7. The highest BCUT2D eigenvalue weighted by Crippen LogP contribution is 2.30. The minimum absolute atomic E-state index is 0.152. The number of nitrogens with one attached hydrogen (secondary N) is 1. The van der Waals surface area contributed by atoms with E-state index >= 15 is 0 Å². The van der Waals surface area contributed by atoms with Gasteiger partial charge in [-0.1, -0.05) is 47.9 Å². The number of thiazole rings is 1. The molecule has 1 aromatic heterocycles. The zero-order valence-corrected chi connectivity index (χ0v) is 20.1. The first-order chi connectivity index (χ1) is 16.6. The lowest BCUT2D eigenvalue weighted by atomic mass is 9.97. The van der Waals surface area contributed by atoms with E-state index in [4.69, 9.17) is 16.3 Å². The molecule has 1 fully saturated rings. The summed E-state index contributed by atoms with van der Waals surface area (Å²) in [5.41, 5.74) is 1.24. The van der Waals surface area contributed by atoms with E-state index in [-0.39, 0.29) is 17.7 Å². The fraction of sp³-hybridized carbons (Fsp3) is 0.269. The molecule has 0 atom stereocenters. The van der Waals surface area contributed by atoms with Crippen LogP contribution in [0.1, 0.15) is 39.8 Å². The van der Waals surface area contributed by atoms with Gasteiger partial charge in [0.25, 0.3) is 11.8 Å². The van der Waals surface area contributed by atoms with E-state index in [2.05, 4.69) is 22.1 Å². The average molecular weight is 494 g/mol. The third-order valence-corrected chi connectivity index (χ3v) is 6.77. The van der Waals surface area contributed by atoms with Gasteiger partial charge in [-0.25, -0.2) is 4.98 Å². The van der Waals surface area contributed by atoms with E-state index in [1.54, 1.807) is 22.4 Å². The lowest BCUT2D eigenvalue weighted by Crippen LogP contribution is -2.37. The normalized spacial score (nSPS) is 13.6. The molecule has 0 spiro atoms. The monoisotopic (exact) mass is 493 g/mol. The van der Waals surface area contributed by atoms with Crippen LogP contribution in [0.3, 0.4) is 0 Å². The zero-order valence-electron chi connectivity index (χ0n) is 18.5. The molecule has 174 valence electrons. The van der Waals surface area contributed by atoms with Crippen molar-refractivity contribution in [3.63, 3.8) is 0 Å². The van der Waals surface area contributed by atoms with Gasteiger partial charge in [-0.3, -0.25) is 9.59 Å². The maximum Gasteiger partial charge on any atom is 0.298 e. The Labute approximate surface area is 207 Å². The summed E-state index contributed by atoms with van der Waals surface area (Å²) >= 11 is 7.54. The number of carbonyl (C=O) groups excluding carboxylic acids is 2. The van der Waals surface area contributed by atoms with Crippen molar-refractivity contribution in [1.29, 1.82) is 0 Å². The van der Waals surface area contributed by atoms with Crippen LogP contribution in [0.5, 0.6) is 5.75 Å². The number of likely N-dealkylation sites (tertiary alicyclic amines) is 1. The molecule has 4 rings (SSSR count). The fourth-order valence-corrected chi connectivity index (χ4v) is 4.77. The Morgan fingerprint density at radius 1 is 1.12 bits per heavy atom. The van der Waals surface area contributed by atoms with Crippen LogP contribution in [-0.4, -0.2) is 47.9 Å². The van der Waals surface area contributed by atoms with E-state index in [0.717, 1.165) is 23.4 Å². The summed E-state index contributed by atoms with van der Waals surface area (Å²) in [4.78, 5) is 31.2. The molecule has 1 saturated heterocycles. The van der Waals surface area contributed by atoms with E-state index in [1.807, 2.05) is 42.5 Å². The number of aromatic nitrogens is 1. The number of amides is 2. The number of hydrogen-bond donors (Lipinski definition) is 1. The highest BCUT2D eigenvalue weighted by atomic mass is 35.5. The Balaban J connectivity index is 1.22. The molecule has 2 heterocycles. The molecule has 0 radical (unpaired) electrons. The van der Waals surface area contributed by atoms with Gasteiger partial charge in [-0.05, 0) is 37.1 Å². The van der Waals surface area contributed by atoms with Crippen LogP contribution in [0.25, 0.3) is 0 Å². The average Bonchev–Trinajstić information content (AvgIpc) is 3.37. The number of piperidine rings is 1. The van der Waals surface area contributed by atoms with Crippen LogP contribution in [-0.2, 0) is 4.79 Å². The summed E-state index contributed by atoms with van der Waals surface area (Å²) in [6.07, 6.45) is 1.61. The summed E-state index contributed by atoms with van der Waals surface area (Å²) in [7, 11) is 0. The van der Waals surface area contributed by atoms with Crippen LogP contribution in [0, 0.1) is 11.8 Å². The van der Waals surface area contributed by atoms with Crippen molar-refractivity contribution < 1.29 is 14.3 Å². The van der Waals surface area contributed by atoms with Gasteiger partial charge in [0, 0.05) is 35.9 Å². The molecule has 0 bridgehead atoms. The van der Waals surface area contributed by atoms with Crippen LogP contribution >= 0.6 is 22.9 Å². The summed E-state index contributed by atoms with van der Waals surface area (Å²) in [5.74, 6) is 6.10. The number of rotatable bonds is 6. The van der Waals surface area contributed by atoms with Crippen LogP contribution in [0.2, 0.25) is 5.02 Å². The van der Waals surface area contributed by atoms with Gasteiger partial charge < -0.3 is 15.0 Å². The lowest BCUT2D eigenvalue weighted by Gasteiger charge is -2.29. The third-order valence-electron chi connectivity index (χ3n) is 5.46. The maximum atomic E-state index is 12.4. The standard InChI is InChI=1S/C26H24ClN3O3S/c27-21-8-4-5-9-23(21)33-17-14-28-25(32)22-18-34-26(29-22)20-12-15-30(16-13-20)24(31)11-10-19-6-2-1-3-7-19/h1-9,18,20H,12-17H2,(H,28,32). The Morgan fingerprint density at radius 2 is 1.85 bits per heavy atom. The molecule has 8 heteroatoms. The van der Waals surface area contributed by atoms with E-state index in [9.17, 15) is 9.59 Å². The van der Waals surface area contributed by atoms with Crippen LogP contribution < -0.4 is 10.1 Å². The molecule has 0 unspecified atom stereocenters. The Hall–Kier alpha value is -3.34. The second-order valence-corrected chi connectivity index (χ2v) is 9.09. The molecule has 0 saturated carbocycles. The molecular formula is C26H24ClN3O3S. The van der Waals surface area contributed by atoms with Gasteiger partial charge in [0.1, 0.15) is 18.1 Å². The number of carbonyl (C=O) groups is 2. The van der Waals surface area contributed by atoms with Gasteiger partial charge in [0.05, 0.1) is 16.6 Å². The molecule has 6 nitrogen and oxygen atoms in total. The smallest absolute Gasteiger partial charge is 0.298 e. The quantitative estimate of drug-likeness (QED) is 0.409. The van der Waals surface area contributed by atoms with Gasteiger partial charge in [-0.2, -0.15) is 0 Å². The van der Waals surface area contributed by atoms with Crippen molar-refractivity contribution in [2.24, 2.45) is 0 Å². The SMILES string of the molecule is O=C(NCCOc1ccccc1Cl)c1csc(C2CCN(C(=O)C#Cc3ccccc3)CC2)n1. The van der Waals surface area contributed by atoms with Gasteiger partial charge in [0.2, 0.25) is 0 Å². The number of para-hydroxylation sites is 1. The first-order valence-electron chi connectivity index (χ1n) is 11.1. The Bertz CT molecular complexity index is 1190. The van der Waals surface area contributed by atoms with Crippen molar-refractivity contribution in [2.45, 2.75) is 18.8 Å². The minimum Gasteiger partial charge on any atom is -0.490 e. The molecule has 2 amide bonds. The molecule has 34 heavy (non-hydrogen) atoms. The molecule has 2 aromatic carbocycles. The van der Waals surface area contributed by atoms with E-state index in [0.29, 0.717) is 42.7 Å². The largest absolute Gasteiger partial charge is 0.490 e. The van der Waals surface area contributed by atoms with Gasteiger partial charge in [-0.15, -0.1) is 11.3 Å². The van der Waals surface area contributed by atoms with E-state index in [1.165, 1.54) is 11.3 Å². The summed E-state index contributed by atoms with van der Waals surface area (Å²) in [6.45, 7) is 1.93. The second-order valence-electron chi connectivity index (χ2n) is 7.79.